The second kappa shape index (κ2) is 12.6. The standard InChI is InChI=1S/C34H30F8N12O4/c35-31(36)7-12-51(13-8-31)10-4-21-45-27-16-2-3-19-25(57-33(39,40)55-19)22(16)48-30(54(27)50-21)44-18-14-17-23(26-24(18)56-34(41,42)58-26)47-29(43)53-28(17)46-20(49-53)5-11-52-9-1-6-32(37,38)15-52/h2-3,14H,1,4-13,15H2,(H2,43,47)(H,44,48). The number of anilines is 3. The number of nitrogen functional groups attached to an aromatic ring is 1. The molecule has 0 amide bonds. The van der Waals surface area contributed by atoms with Gasteiger partial charge in [-0.3, -0.25) is 4.90 Å². The minimum Gasteiger partial charge on any atom is -0.395 e. The van der Waals surface area contributed by atoms with E-state index in [0.29, 0.717) is 19.5 Å². The van der Waals surface area contributed by atoms with Crippen LogP contribution < -0.4 is 30.0 Å². The molecule has 58 heavy (non-hydrogen) atoms. The molecule has 24 heteroatoms. The Morgan fingerprint density at radius 1 is 0.655 bits per heavy atom. The smallest absolute Gasteiger partial charge is 0.395 e. The van der Waals surface area contributed by atoms with Crippen molar-refractivity contribution in [2.24, 2.45) is 0 Å². The topological polar surface area (TPSA) is 168 Å². The molecule has 6 aromatic rings. The van der Waals surface area contributed by atoms with Crippen LogP contribution in [0.4, 0.5) is 52.7 Å². The zero-order chi connectivity index (χ0) is 40.4. The monoisotopic (exact) mass is 822 g/mol. The molecule has 0 spiro atoms. The Hall–Kier alpha value is -5.78. The van der Waals surface area contributed by atoms with E-state index in [4.69, 9.17) is 19.9 Å². The maximum Gasteiger partial charge on any atom is 0.586 e. The van der Waals surface area contributed by atoms with Gasteiger partial charge in [0.2, 0.25) is 17.6 Å². The fourth-order valence-electron chi connectivity index (χ4n) is 7.70. The van der Waals surface area contributed by atoms with E-state index in [9.17, 15) is 35.1 Å². The molecule has 0 saturated carbocycles. The predicted molar refractivity (Wildman–Crippen MR) is 185 cm³/mol. The minimum atomic E-state index is -4.17. The Labute approximate surface area is 319 Å². The fraction of sp³-hybridized carbons (Fsp3) is 0.471. The van der Waals surface area contributed by atoms with Gasteiger partial charge in [-0.2, -0.15) is 9.03 Å². The molecule has 306 valence electrons. The fourth-order valence-corrected chi connectivity index (χ4v) is 7.70. The van der Waals surface area contributed by atoms with Crippen molar-refractivity contribution in [3.8, 4) is 23.0 Å². The first kappa shape index (κ1) is 36.6. The lowest BCUT2D eigenvalue weighted by atomic mass is 10.1. The van der Waals surface area contributed by atoms with Crippen molar-refractivity contribution in [1.29, 1.82) is 0 Å². The van der Waals surface area contributed by atoms with E-state index in [2.05, 4.69) is 40.2 Å². The summed E-state index contributed by atoms with van der Waals surface area (Å²) < 4.78 is 136. The molecule has 4 aliphatic heterocycles. The number of alkyl halides is 8. The lowest BCUT2D eigenvalue weighted by Crippen LogP contribution is -2.43. The average molecular weight is 823 g/mol. The van der Waals surface area contributed by atoms with E-state index in [1.165, 1.54) is 27.2 Å². The van der Waals surface area contributed by atoms with Gasteiger partial charge in [0.05, 0.1) is 17.6 Å². The Morgan fingerprint density at radius 2 is 1.29 bits per heavy atom. The number of halogens is 8. The van der Waals surface area contributed by atoms with Crippen LogP contribution in [0.5, 0.6) is 23.0 Å². The third-order valence-corrected chi connectivity index (χ3v) is 10.5. The van der Waals surface area contributed by atoms with E-state index < -0.39 is 48.2 Å². The molecule has 0 atom stereocenters. The van der Waals surface area contributed by atoms with Gasteiger partial charge in [0.15, 0.2) is 40.2 Å². The van der Waals surface area contributed by atoms with Gasteiger partial charge >= 0.3 is 12.6 Å². The van der Waals surface area contributed by atoms with Crippen molar-refractivity contribution in [2.75, 3.05) is 50.3 Å². The minimum absolute atomic E-state index is 0.0619. The highest BCUT2D eigenvalue weighted by Crippen LogP contribution is 2.52. The van der Waals surface area contributed by atoms with E-state index in [1.54, 1.807) is 4.90 Å². The van der Waals surface area contributed by atoms with Gasteiger partial charge in [-0.15, -0.1) is 27.8 Å². The number of nitrogens with zero attached hydrogens (tertiary/aromatic N) is 10. The SMILES string of the molecule is Nc1nc2c3c(c(Nc4nc5c6c(ccc5c5nc(CCN7CCC(F)(F)CC7)nn45)OC(F)(F)O6)cc2c2nc(CCN4CCCC(F)(F)C4)nn12)OC(F)(F)O3. The van der Waals surface area contributed by atoms with E-state index in [0.717, 1.165) is 0 Å². The summed E-state index contributed by atoms with van der Waals surface area (Å²) in [5, 5.41) is 12.2. The third kappa shape index (κ3) is 6.46. The summed E-state index contributed by atoms with van der Waals surface area (Å²) in [7, 11) is 0. The highest BCUT2D eigenvalue weighted by molar-refractivity contribution is 6.02. The first-order valence-corrected chi connectivity index (χ1v) is 18.2. The number of hydrogen-bond donors (Lipinski definition) is 2. The molecule has 0 radical (unpaired) electrons. The predicted octanol–water partition coefficient (Wildman–Crippen LogP) is 5.38. The second-order valence-electron chi connectivity index (χ2n) is 14.6. The van der Waals surface area contributed by atoms with E-state index >= 15 is 0 Å². The number of fused-ring (bicyclic) bond motifs is 10. The summed E-state index contributed by atoms with van der Waals surface area (Å²) >= 11 is 0. The van der Waals surface area contributed by atoms with Crippen molar-refractivity contribution in [3.63, 3.8) is 0 Å². The summed E-state index contributed by atoms with van der Waals surface area (Å²) in [5.41, 5.74) is 5.85. The van der Waals surface area contributed by atoms with Crippen molar-refractivity contribution >= 4 is 50.7 Å². The van der Waals surface area contributed by atoms with Crippen LogP contribution in [0.2, 0.25) is 0 Å². The molecule has 2 saturated heterocycles. The van der Waals surface area contributed by atoms with E-state index in [-0.39, 0.29) is 120 Å². The van der Waals surface area contributed by atoms with Crippen LogP contribution in [0, 0.1) is 0 Å². The number of ether oxygens (including phenoxy) is 4. The van der Waals surface area contributed by atoms with Gasteiger partial charge < -0.3 is 34.9 Å². The van der Waals surface area contributed by atoms with Crippen LogP contribution in [0.1, 0.15) is 37.3 Å². The largest absolute Gasteiger partial charge is 0.586 e. The summed E-state index contributed by atoms with van der Waals surface area (Å²) in [6.07, 6.45) is -8.30. The van der Waals surface area contributed by atoms with Crippen molar-refractivity contribution < 1.29 is 54.1 Å². The maximum atomic E-state index is 14.9. The summed E-state index contributed by atoms with van der Waals surface area (Å²) in [4.78, 5) is 21.4. The number of nitrogens with one attached hydrogen (secondary N) is 1. The maximum absolute atomic E-state index is 14.9. The number of rotatable bonds is 8. The van der Waals surface area contributed by atoms with Crippen LogP contribution in [0.15, 0.2) is 18.2 Å². The van der Waals surface area contributed by atoms with Gasteiger partial charge in [-0.1, -0.05) is 0 Å². The molecule has 8 heterocycles. The average Bonchev–Trinajstić information content (AvgIpc) is 3.92. The molecular formula is C34H30F8N12O4. The zero-order valence-electron chi connectivity index (χ0n) is 29.9. The van der Waals surface area contributed by atoms with Crippen LogP contribution >= 0.6 is 0 Å². The first-order chi connectivity index (χ1) is 27.5. The first-order valence-electron chi connectivity index (χ1n) is 18.2. The van der Waals surface area contributed by atoms with Gasteiger partial charge in [0, 0.05) is 63.7 Å². The van der Waals surface area contributed by atoms with E-state index in [1.807, 2.05) is 4.90 Å². The number of piperidine rings is 2. The molecule has 0 bridgehead atoms. The molecule has 3 N–H and O–H groups in total. The number of benzene rings is 2. The highest BCUT2D eigenvalue weighted by atomic mass is 19.3. The normalized spacial score (nSPS) is 20.8. The number of nitrogens with two attached hydrogens (primary N) is 1. The summed E-state index contributed by atoms with van der Waals surface area (Å²) in [6, 6.07) is 4.01. The van der Waals surface area contributed by atoms with Crippen LogP contribution in [-0.2, 0) is 12.8 Å². The molecular weight excluding hydrogens is 792 g/mol. The van der Waals surface area contributed by atoms with Crippen LogP contribution in [-0.4, -0.2) is 113 Å². The number of aromatic nitrogens is 8. The summed E-state index contributed by atoms with van der Waals surface area (Å²) in [6.45, 7) is 0.922. The molecule has 2 aromatic carbocycles. The summed E-state index contributed by atoms with van der Waals surface area (Å²) in [5.74, 6) is -7.39. The molecule has 4 aliphatic rings. The number of hydrogen-bond acceptors (Lipinski definition) is 14. The molecule has 4 aromatic heterocycles. The lowest BCUT2D eigenvalue weighted by molar-refractivity contribution is -0.287. The van der Waals surface area contributed by atoms with Crippen molar-refractivity contribution in [3.05, 3.63) is 29.8 Å². The van der Waals surface area contributed by atoms with Crippen molar-refractivity contribution in [2.45, 2.75) is 63.0 Å². The highest BCUT2D eigenvalue weighted by Gasteiger charge is 2.48. The number of likely N-dealkylation sites (tertiary alicyclic amines) is 2. The van der Waals surface area contributed by atoms with Crippen LogP contribution in [0.3, 0.4) is 0 Å². The van der Waals surface area contributed by atoms with Gasteiger partial charge in [0.1, 0.15) is 11.0 Å². The Kier molecular flexibility index (Phi) is 7.95. The quantitative estimate of drug-likeness (QED) is 0.188. The molecule has 16 nitrogen and oxygen atoms in total. The van der Waals surface area contributed by atoms with Gasteiger partial charge in [-0.25, -0.2) is 37.5 Å². The zero-order valence-corrected chi connectivity index (χ0v) is 29.9. The Balaban J connectivity index is 1.07. The molecule has 0 unspecified atom stereocenters. The van der Waals surface area contributed by atoms with Crippen molar-refractivity contribution in [1.82, 2.24) is 49.0 Å². The van der Waals surface area contributed by atoms with Gasteiger partial charge in [0.25, 0.3) is 11.8 Å². The van der Waals surface area contributed by atoms with Gasteiger partial charge in [-0.05, 0) is 31.2 Å². The molecule has 10 rings (SSSR count). The third-order valence-electron chi connectivity index (χ3n) is 10.5. The Morgan fingerprint density at radius 3 is 2.03 bits per heavy atom. The molecule has 2 fully saturated rings. The molecule has 0 aliphatic carbocycles. The Bertz CT molecular complexity index is 2650. The lowest BCUT2D eigenvalue weighted by Gasteiger charge is -2.32. The second-order valence-corrected chi connectivity index (χ2v) is 14.6. The van der Waals surface area contributed by atoms with Crippen LogP contribution in [0.25, 0.3) is 33.1 Å².